The fourth-order valence-corrected chi connectivity index (χ4v) is 3.53. The highest BCUT2D eigenvalue weighted by molar-refractivity contribution is 9.10. The number of carbonyl (C=O) groups is 1. The van der Waals surface area contributed by atoms with Gasteiger partial charge in [-0.05, 0) is 53.7 Å². The molecule has 2 heterocycles. The van der Waals surface area contributed by atoms with E-state index in [1.807, 2.05) is 48.5 Å². The van der Waals surface area contributed by atoms with Crippen molar-refractivity contribution < 1.29 is 4.79 Å². The molecule has 7 heteroatoms. The Labute approximate surface area is 156 Å². The van der Waals surface area contributed by atoms with Crippen molar-refractivity contribution in [3.63, 3.8) is 0 Å². The summed E-state index contributed by atoms with van der Waals surface area (Å²) in [6.07, 6.45) is 5.25. The van der Waals surface area contributed by atoms with Crippen molar-refractivity contribution in [2.45, 2.75) is 0 Å². The van der Waals surface area contributed by atoms with Crippen LogP contribution in [0.15, 0.2) is 69.2 Å². The van der Waals surface area contributed by atoms with Gasteiger partial charge in [0.1, 0.15) is 5.84 Å². The van der Waals surface area contributed by atoms with Gasteiger partial charge in [-0.1, -0.05) is 28.1 Å². The lowest BCUT2D eigenvalue weighted by Crippen LogP contribution is -2.18. The third kappa shape index (κ3) is 3.62. The summed E-state index contributed by atoms with van der Waals surface area (Å²) in [6, 6.07) is 13.4. The first-order valence-electron chi connectivity index (χ1n) is 7.43. The number of hydrogen-bond acceptors (Lipinski definition) is 5. The van der Waals surface area contributed by atoms with Crippen molar-refractivity contribution in [2.24, 2.45) is 4.99 Å². The number of nitrogens with zero attached hydrogens (tertiary/aromatic N) is 3. The summed E-state index contributed by atoms with van der Waals surface area (Å²) >= 11 is 4.56. The zero-order chi connectivity index (χ0) is 17.2. The number of rotatable bonds is 2. The maximum Gasteiger partial charge on any atom is 0.289 e. The Bertz CT molecular complexity index is 1050. The van der Waals surface area contributed by atoms with E-state index in [0.717, 1.165) is 43.4 Å². The lowest BCUT2D eigenvalue weighted by atomic mass is 10.1. The van der Waals surface area contributed by atoms with Crippen LogP contribution >= 0.6 is 27.7 Å². The molecule has 25 heavy (non-hydrogen) atoms. The molecule has 0 atom stereocenters. The first-order chi connectivity index (χ1) is 12.2. The first kappa shape index (κ1) is 16.0. The zero-order valence-corrected chi connectivity index (χ0v) is 15.2. The minimum Gasteiger partial charge on any atom is -0.300 e. The monoisotopic (exact) mass is 410 g/mol. The molecule has 0 spiro atoms. The van der Waals surface area contributed by atoms with E-state index in [-0.39, 0.29) is 5.24 Å². The number of halogens is 1. The van der Waals surface area contributed by atoms with Gasteiger partial charge in [-0.3, -0.25) is 14.8 Å². The van der Waals surface area contributed by atoms with Crippen LogP contribution in [0, 0.1) is 0 Å². The van der Waals surface area contributed by atoms with Crippen molar-refractivity contribution in [1.29, 1.82) is 0 Å². The molecule has 0 unspecified atom stereocenters. The first-order valence-corrected chi connectivity index (χ1v) is 9.04. The van der Waals surface area contributed by atoms with Crippen LogP contribution in [0.3, 0.4) is 0 Å². The van der Waals surface area contributed by atoms with Crippen LogP contribution in [0.2, 0.25) is 0 Å². The van der Waals surface area contributed by atoms with Crippen LogP contribution in [-0.4, -0.2) is 21.0 Å². The van der Waals surface area contributed by atoms with Gasteiger partial charge in [0.25, 0.3) is 5.24 Å². The Morgan fingerprint density at radius 1 is 1.08 bits per heavy atom. The number of benzene rings is 2. The van der Waals surface area contributed by atoms with Gasteiger partial charge in [-0.15, -0.1) is 0 Å². The molecule has 1 aliphatic rings. The molecule has 1 amide bonds. The lowest BCUT2D eigenvalue weighted by molar-refractivity contribution is 0.265. The van der Waals surface area contributed by atoms with Gasteiger partial charge in [-0.2, -0.15) is 0 Å². The molecule has 1 saturated heterocycles. The number of aliphatic imine (C=N–C) groups is 1. The highest BCUT2D eigenvalue weighted by Gasteiger charge is 2.23. The molecule has 2 aromatic carbocycles. The molecule has 0 bridgehead atoms. The number of hydrogen-bond donors (Lipinski definition) is 1. The standard InChI is InChI=1S/C18H11BrN4OS/c19-12-2-1-3-13(10-12)22-17-16(25-18(24)23-17)9-11-4-5-14-15(8-11)21-7-6-20-14/h1-10H,(H,22,23,24)/b16-9-. The fraction of sp³-hybridized carbons (Fsp3) is 0. The molecule has 5 nitrogen and oxygen atoms in total. The van der Waals surface area contributed by atoms with E-state index in [9.17, 15) is 4.79 Å². The van der Waals surface area contributed by atoms with Crippen molar-refractivity contribution in [3.05, 3.63) is 69.8 Å². The molecule has 122 valence electrons. The smallest absolute Gasteiger partial charge is 0.289 e. The third-order valence-corrected chi connectivity index (χ3v) is 4.81. The summed E-state index contributed by atoms with van der Waals surface area (Å²) in [5.74, 6) is 0.548. The predicted molar refractivity (Wildman–Crippen MR) is 105 cm³/mol. The van der Waals surface area contributed by atoms with Crippen molar-refractivity contribution >= 4 is 61.6 Å². The summed E-state index contributed by atoms with van der Waals surface area (Å²) in [5, 5.41) is 2.65. The van der Waals surface area contributed by atoms with Gasteiger partial charge in [-0.25, -0.2) is 4.99 Å². The van der Waals surface area contributed by atoms with Crippen LogP contribution in [-0.2, 0) is 0 Å². The molecule has 1 fully saturated rings. The largest absolute Gasteiger partial charge is 0.300 e. The molecule has 4 rings (SSSR count). The molecule has 0 radical (unpaired) electrons. The summed E-state index contributed by atoms with van der Waals surface area (Å²) in [6.45, 7) is 0. The second kappa shape index (κ2) is 6.78. The van der Waals surface area contributed by atoms with E-state index in [1.165, 1.54) is 0 Å². The molecule has 1 aromatic heterocycles. The van der Waals surface area contributed by atoms with E-state index >= 15 is 0 Å². The Morgan fingerprint density at radius 3 is 2.76 bits per heavy atom. The Balaban J connectivity index is 1.73. The number of aromatic nitrogens is 2. The SMILES string of the molecule is O=C1NC(=Nc2cccc(Br)c2)/C(=C/c2ccc3nccnc3c2)S1. The van der Waals surface area contributed by atoms with E-state index in [4.69, 9.17) is 0 Å². The van der Waals surface area contributed by atoms with Crippen LogP contribution in [0.25, 0.3) is 17.1 Å². The molecule has 0 saturated carbocycles. The Hall–Kier alpha value is -2.51. The molecule has 0 aliphatic carbocycles. The van der Waals surface area contributed by atoms with E-state index < -0.39 is 0 Å². The van der Waals surface area contributed by atoms with Gasteiger partial charge >= 0.3 is 0 Å². The lowest BCUT2D eigenvalue weighted by Gasteiger charge is -2.01. The maximum atomic E-state index is 11.8. The minimum absolute atomic E-state index is 0.138. The predicted octanol–water partition coefficient (Wildman–Crippen LogP) is 4.92. The Morgan fingerprint density at radius 2 is 1.92 bits per heavy atom. The third-order valence-electron chi connectivity index (χ3n) is 3.50. The fourth-order valence-electron chi connectivity index (χ4n) is 2.41. The molecular formula is C18H11BrN4OS. The van der Waals surface area contributed by atoms with E-state index in [2.05, 4.69) is 36.2 Å². The highest BCUT2D eigenvalue weighted by atomic mass is 79.9. The van der Waals surface area contributed by atoms with Gasteiger partial charge in [0, 0.05) is 16.9 Å². The molecular weight excluding hydrogens is 400 g/mol. The Kier molecular flexibility index (Phi) is 4.33. The summed E-state index contributed by atoms with van der Waals surface area (Å²) in [7, 11) is 0. The van der Waals surface area contributed by atoms with Gasteiger partial charge in [0.2, 0.25) is 0 Å². The van der Waals surface area contributed by atoms with Crippen LogP contribution in [0.4, 0.5) is 10.5 Å². The summed E-state index contributed by atoms with van der Waals surface area (Å²) in [5.41, 5.74) is 3.35. The topological polar surface area (TPSA) is 67.2 Å². The number of nitrogens with one attached hydrogen (secondary N) is 1. The van der Waals surface area contributed by atoms with Crippen molar-refractivity contribution in [3.8, 4) is 0 Å². The molecule has 3 aromatic rings. The van der Waals surface area contributed by atoms with Gasteiger partial charge in [0.15, 0.2) is 0 Å². The number of amides is 1. The second-order valence-corrected chi connectivity index (χ2v) is 7.20. The van der Waals surface area contributed by atoms with Gasteiger partial charge < -0.3 is 5.32 Å². The average Bonchev–Trinajstić information content (AvgIpc) is 2.94. The minimum atomic E-state index is -0.138. The zero-order valence-electron chi connectivity index (χ0n) is 12.8. The second-order valence-electron chi connectivity index (χ2n) is 5.27. The number of carbonyl (C=O) groups excluding carboxylic acids is 1. The van der Waals surface area contributed by atoms with E-state index in [0.29, 0.717) is 5.84 Å². The van der Waals surface area contributed by atoms with Crippen molar-refractivity contribution in [2.75, 3.05) is 0 Å². The quantitative estimate of drug-likeness (QED) is 0.650. The summed E-state index contributed by atoms with van der Waals surface area (Å²) < 4.78 is 0.935. The maximum absolute atomic E-state index is 11.8. The highest BCUT2D eigenvalue weighted by Crippen LogP contribution is 2.29. The van der Waals surface area contributed by atoms with Crippen molar-refractivity contribution in [1.82, 2.24) is 15.3 Å². The number of fused-ring (bicyclic) bond motifs is 1. The number of thioether (sulfide) groups is 1. The normalized spacial score (nSPS) is 17.4. The molecule has 1 aliphatic heterocycles. The molecule has 1 N–H and O–H groups in total. The van der Waals surface area contributed by atoms with Crippen LogP contribution in [0.5, 0.6) is 0 Å². The average molecular weight is 411 g/mol. The van der Waals surface area contributed by atoms with Gasteiger partial charge in [0.05, 0.1) is 21.6 Å². The van der Waals surface area contributed by atoms with E-state index in [1.54, 1.807) is 12.4 Å². The number of amidine groups is 1. The summed E-state index contributed by atoms with van der Waals surface area (Å²) in [4.78, 5) is 25.7. The van der Waals surface area contributed by atoms with Crippen LogP contribution < -0.4 is 5.32 Å². The van der Waals surface area contributed by atoms with Crippen LogP contribution in [0.1, 0.15) is 5.56 Å².